The number of esters is 1. The minimum atomic E-state index is -2.42. The van der Waals surface area contributed by atoms with Gasteiger partial charge < -0.3 is 9.30 Å². The largest absolute Gasteiger partial charge is 0.466 e. The van der Waals surface area contributed by atoms with Gasteiger partial charge >= 0.3 is 5.97 Å². The van der Waals surface area contributed by atoms with Gasteiger partial charge in [-0.1, -0.05) is 27.7 Å². The molecule has 14 heavy (non-hydrogen) atoms. The maximum atomic E-state index is 12.4. The molecule has 0 saturated carbocycles. The van der Waals surface area contributed by atoms with Crippen molar-refractivity contribution in [1.29, 1.82) is 0 Å². The fourth-order valence-corrected chi connectivity index (χ4v) is 3.79. The fourth-order valence-electron chi connectivity index (χ4n) is 1.37. The van der Waals surface area contributed by atoms with Crippen LogP contribution in [0.5, 0.6) is 0 Å². The van der Waals surface area contributed by atoms with Crippen LogP contribution in [0.15, 0.2) is 0 Å². The van der Waals surface area contributed by atoms with Crippen molar-refractivity contribution >= 4 is 13.1 Å². The van der Waals surface area contributed by atoms with E-state index in [0.29, 0.717) is 6.61 Å². The van der Waals surface area contributed by atoms with Crippen LogP contribution in [0, 0.1) is 0 Å². The Labute approximate surface area is 86.6 Å². The summed E-state index contributed by atoms with van der Waals surface area (Å²) in [5.41, 5.74) is 0.0961. The van der Waals surface area contributed by atoms with Crippen molar-refractivity contribution < 1.29 is 14.1 Å². The van der Waals surface area contributed by atoms with E-state index in [4.69, 9.17) is 4.74 Å². The average molecular weight is 220 g/mol. The Morgan fingerprint density at radius 2 is 1.64 bits per heavy atom. The second kappa shape index (κ2) is 5.55. The lowest BCUT2D eigenvalue weighted by Gasteiger charge is -2.24. The molecule has 0 rings (SSSR count). The van der Waals surface area contributed by atoms with Gasteiger partial charge in [0.2, 0.25) is 0 Å². The van der Waals surface area contributed by atoms with Gasteiger partial charge in [0.05, 0.1) is 12.8 Å². The van der Waals surface area contributed by atoms with Crippen LogP contribution in [0.1, 0.15) is 34.6 Å². The van der Waals surface area contributed by atoms with Crippen LogP contribution in [0.2, 0.25) is 0 Å². The quantitative estimate of drug-likeness (QED) is 0.528. The van der Waals surface area contributed by atoms with Crippen LogP contribution in [0.4, 0.5) is 0 Å². The topological polar surface area (TPSA) is 43.4 Å². The summed E-state index contributed by atoms with van der Waals surface area (Å²) in [6, 6.07) is 0. The normalized spacial score (nSPS) is 12.2. The molecule has 0 aliphatic carbocycles. The predicted molar refractivity (Wildman–Crippen MR) is 59.4 cm³/mol. The van der Waals surface area contributed by atoms with E-state index in [2.05, 4.69) is 0 Å². The van der Waals surface area contributed by atoms with Crippen LogP contribution in [0.3, 0.4) is 0 Å². The van der Waals surface area contributed by atoms with Gasteiger partial charge in [-0.25, -0.2) is 0 Å². The Morgan fingerprint density at radius 3 is 1.93 bits per heavy atom. The molecule has 0 radical (unpaired) electrons. The summed E-state index contributed by atoms with van der Waals surface area (Å²) in [7, 11) is -2.42. The Balaban J connectivity index is 4.55. The van der Waals surface area contributed by atoms with Crippen molar-refractivity contribution in [3.63, 3.8) is 0 Å². The van der Waals surface area contributed by atoms with Gasteiger partial charge in [-0.2, -0.15) is 0 Å². The summed E-state index contributed by atoms with van der Waals surface area (Å²) >= 11 is 0. The average Bonchev–Trinajstić information content (AvgIpc) is 2.03. The van der Waals surface area contributed by atoms with Crippen LogP contribution in [-0.4, -0.2) is 30.1 Å². The van der Waals surface area contributed by atoms with Crippen LogP contribution in [-0.2, 0) is 14.1 Å². The van der Waals surface area contributed by atoms with E-state index in [1.54, 1.807) is 6.92 Å². The third-order valence-electron chi connectivity index (χ3n) is 2.43. The van der Waals surface area contributed by atoms with Gasteiger partial charge in [-0.3, -0.25) is 4.79 Å². The molecule has 84 valence electrons. The number of hydrogen-bond acceptors (Lipinski definition) is 3. The Hall–Kier alpha value is -0.300. The summed E-state index contributed by atoms with van der Waals surface area (Å²) in [5, 5.41) is 0. The van der Waals surface area contributed by atoms with Crippen molar-refractivity contribution in [2.45, 2.75) is 45.9 Å². The maximum absolute atomic E-state index is 12.4. The van der Waals surface area contributed by atoms with E-state index in [1.165, 1.54) is 0 Å². The molecule has 0 atom stereocenters. The number of ether oxygens (including phenoxy) is 1. The molecule has 4 heteroatoms. The molecule has 0 aliphatic rings. The third kappa shape index (κ3) is 3.45. The molecule has 0 heterocycles. The first-order chi connectivity index (χ1) is 6.34. The van der Waals surface area contributed by atoms with Gasteiger partial charge in [0, 0.05) is 11.3 Å². The maximum Gasteiger partial charge on any atom is 0.313 e. The lowest BCUT2D eigenvalue weighted by atomic mass is 10.5. The first kappa shape index (κ1) is 13.7. The van der Waals surface area contributed by atoms with Crippen molar-refractivity contribution in [3.05, 3.63) is 0 Å². The highest BCUT2D eigenvalue weighted by atomic mass is 31.2. The molecular formula is C10H21O3P. The van der Waals surface area contributed by atoms with E-state index in [-0.39, 0.29) is 23.4 Å². The molecule has 0 aliphatic heterocycles. The molecule has 3 nitrogen and oxygen atoms in total. The van der Waals surface area contributed by atoms with Gasteiger partial charge in [0.1, 0.15) is 7.14 Å². The zero-order chi connectivity index (χ0) is 11.4. The monoisotopic (exact) mass is 220 g/mol. The number of carbonyl (C=O) groups excluding carboxylic acids is 1. The number of hydrogen-bond donors (Lipinski definition) is 0. The molecule has 0 unspecified atom stereocenters. The highest BCUT2D eigenvalue weighted by Gasteiger charge is 2.33. The molecule has 0 saturated heterocycles. The van der Waals surface area contributed by atoms with E-state index in [1.807, 2.05) is 27.7 Å². The SMILES string of the molecule is CCOC(=O)CP(=O)(C(C)C)C(C)C. The standard InChI is InChI=1S/C10H21O3P/c1-6-13-10(11)7-14(12,8(2)3)9(4)5/h8-9H,6-7H2,1-5H3. The predicted octanol–water partition coefficient (Wildman–Crippen LogP) is 2.73. The number of rotatable bonds is 5. The highest BCUT2D eigenvalue weighted by Crippen LogP contribution is 2.54. The zero-order valence-electron chi connectivity index (χ0n) is 9.74. The van der Waals surface area contributed by atoms with Crippen LogP contribution in [0.25, 0.3) is 0 Å². The van der Waals surface area contributed by atoms with Gasteiger partial charge in [-0.05, 0) is 6.92 Å². The van der Waals surface area contributed by atoms with E-state index in [0.717, 1.165) is 0 Å². The summed E-state index contributed by atoms with van der Waals surface area (Å²) in [5.74, 6) is -0.335. The van der Waals surface area contributed by atoms with Crippen molar-refractivity contribution in [2.75, 3.05) is 12.8 Å². The molecule has 0 aromatic rings. The molecule has 0 spiro atoms. The summed E-state index contributed by atoms with van der Waals surface area (Å²) in [4.78, 5) is 11.3. The Bertz CT molecular complexity index is 222. The molecule has 0 fully saturated rings. The Kier molecular flexibility index (Phi) is 5.43. The molecule has 0 N–H and O–H groups in total. The van der Waals surface area contributed by atoms with Crippen molar-refractivity contribution in [1.82, 2.24) is 0 Å². The summed E-state index contributed by atoms with van der Waals surface area (Å²) < 4.78 is 17.2. The fraction of sp³-hybridized carbons (Fsp3) is 0.900. The van der Waals surface area contributed by atoms with Gasteiger partial charge in [0.15, 0.2) is 0 Å². The van der Waals surface area contributed by atoms with Crippen LogP contribution < -0.4 is 0 Å². The first-order valence-corrected chi connectivity index (χ1v) is 7.11. The zero-order valence-corrected chi connectivity index (χ0v) is 10.6. The second-order valence-corrected chi connectivity index (χ2v) is 8.09. The van der Waals surface area contributed by atoms with E-state index in [9.17, 15) is 9.36 Å². The van der Waals surface area contributed by atoms with Crippen molar-refractivity contribution in [3.8, 4) is 0 Å². The lowest BCUT2D eigenvalue weighted by molar-refractivity contribution is -0.140. The smallest absolute Gasteiger partial charge is 0.313 e. The number of carbonyl (C=O) groups is 1. The van der Waals surface area contributed by atoms with E-state index < -0.39 is 7.14 Å². The molecule has 0 aromatic heterocycles. The first-order valence-electron chi connectivity index (χ1n) is 5.08. The summed E-state index contributed by atoms with van der Waals surface area (Å²) in [6.07, 6.45) is 0.0795. The highest BCUT2D eigenvalue weighted by molar-refractivity contribution is 7.66. The molecule has 0 bridgehead atoms. The van der Waals surface area contributed by atoms with Crippen LogP contribution >= 0.6 is 7.14 Å². The molecule has 0 aromatic carbocycles. The summed E-state index contributed by atoms with van der Waals surface area (Å²) in [6.45, 7) is 9.72. The minimum Gasteiger partial charge on any atom is -0.466 e. The molecular weight excluding hydrogens is 199 g/mol. The van der Waals surface area contributed by atoms with Gasteiger partial charge in [0.25, 0.3) is 0 Å². The van der Waals surface area contributed by atoms with E-state index >= 15 is 0 Å². The third-order valence-corrected chi connectivity index (χ3v) is 6.68. The van der Waals surface area contributed by atoms with Crippen molar-refractivity contribution in [2.24, 2.45) is 0 Å². The minimum absolute atomic E-state index is 0.0481. The molecule has 0 amide bonds. The van der Waals surface area contributed by atoms with Gasteiger partial charge in [-0.15, -0.1) is 0 Å². The lowest BCUT2D eigenvalue weighted by Crippen LogP contribution is -2.19. The second-order valence-electron chi connectivity index (χ2n) is 4.00. The Morgan fingerprint density at radius 1 is 1.21 bits per heavy atom.